The number of esters is 2. The smallest absolute Gasteiger partial charge is 0.329 e. The summed E-state index contributed by atoms with van der Waals surface area (Å²) in [6, 6.07) is -1.11. The van der Waals surface area contributed by atoms with Gasteiger partial charge in [-0.3, -0.25) is 9.59 Å². The molecule has 0 bridgehead atoms. The normalized spacial score (nSPS) is 22.2. The summed E-state index contributed by atoms with van der Waals surface area (Å²) in [5.74, 6) is -2.27. The molecule has 6 nitrogen and oxygen atoms in total. The molecule has 1 saturated heterocycles. The van der Waals surface area contributed by atoms with E-state index >= 15 is 0 Å². The Hall–Kier alpha value is -1.79. The predicted octanol–water partition coefficient (Wildman–Crippen LogP) is -0.721. The van der Waals surface area contributed by atoms with Gasteiger partial charge in [-0.1, -0.05) is 6.58 Å². The van der Waals surface area contributed by atoms with Crippen LogP contribution in [0.15, 0.2) is 12.2 Å². The molecule has 0 spiro atoms. The number of amides is 1. The minimum absolute atomic E-state index is 0.00456. The standard InChI is InChI=1S/C9H10BNO5/c1-5-3-15-7(12)2-6(11-9(10)14)8(13)16-4-5/h6H,1-4H2,(H,11,14). The average molecular weight is 223 g/mol. The lowest BCUT2D eigenvalue weighted by molar-refractivity contribution is -0.149. The zero-order chi connectivity index (χ0) is 12.1. The molecule has 7 heteroatoms. The van der Waals surface area contributed by atoms with Gasteiger partial charge in [-0.15, -0.1) is 0 Å². The van der Waals surface area contributed by atoms with Gasteiger partial charge in [-0.05, 0) is 5.57 Å². The van der Waals surface area contributed by atoms with E-state index in [0.717, 1.165) is 0 Å². The molecule has 1 atom stereocenters. The second kappa shape index (κ2) is 5.34. The van der Waals surface area contributed by atoms with Crippen LogP contribution < -0.4 is 5.32 Å². The third-order valence-corrected chi connectivity index (χ3v) is 1.83. The SMILES string of the molecule is [B]C(=O)NC1CC(=O)OCC(=C)COC1=O. The lowest BCUT2D eigenvalue weighted by Gasteiger charge is -2.14. The minimum Gasteiger partial charge on any atom is -0.461 e. The first kappa shape index (κ1) is 12.3. The summed E-state index contributed by atoms with van der Waals surface area (Å²) in [7, 11) is 4.86. The van der Waals surface area contributed by atoms with Crippen LogP contribution >= 0.6 is 0 Å². The Morgan fingerprint density at radius 3 is 2.62 bits per heavy atom. The maximum absolute atomic E-state index is 11.4. The van der Waals surface area contributed by atoms with Crippen molar-refractivity contribution < 1.29 is 23.9 Å². The second-order valence-corrected chi connectivity index (χ2v) is 3.28. The summed E-state index contributed by atoms with van der Waals surface area (Å²) >= 11 is 0. The van der Waals surface area contributed by atoms with Crippen LogP contribution in [-0.2, 0) is 19.1 Å². The van der Waals surface area contributed by atoms with E-state index in [0.29, 0.717) is 5.57 Å². The molecule has 0 aromatic carbocycles. The van der Waals surface area contributed by atoms with Crippen molar-refractivity contribution in [3.8, 4) is 0 Å². The van der Waals surface area contributed by atoms with Crippen molar-refractivity contribution in [3.05, 3.63) is 12.2 Å². The zero-order valence-corrected chi connectivity index (χ0v) is 8.52. The molecular formula is C9H10BNO5. The Kier molecular flexibility index (Phi) is 4.10. The minimum atomic E-state index is -1.11. The molecule has 16 heavy (non-hydrogen) atoms. The van der Waals surface area contributed by atoms with Crippen LogP contribution in [0.5, 0.6) is 0 Å². The Morgan fingerprint density at radius 1 is 1.38 bits per heavy atom. The van der Waals surface area contributed by atoms with Gasteiger partial charge in [-0.25, -0.2) is 4.79 Å². The van der Waals surface area contributed by atoms with Crippen LogP contribution in [0.3, 0.4) is 0 Å². The highest BCUT2D eigenvalue weighted by Gasteiger charge is 2.26. The summed E-state index contributed by atoms with van der Waals surface area (Å²) in [6.07, 6.45) is -0.310. The number of hydrogen-bond donors (Lipinski definition) is 1. The molecule has 1 aliphatic heterocycles. The van der Waals surface area contributed by atoms with Crippen molar-refractivity contribution >= 4 is 25.6 Å². The van der Waals surface area contributed by atoms with E-state index in [2.05, 4.69) is 11.9 Å². The molecule has 1 N–H and O–H groups in total. The first-order chi connectivity index (χ1) is 7.49. The van der Waals surface area contributed by atoms with Crippen LogP contribution in [0, 0.1) is 0 Å². The third-order valence-electron chi connectivity index (χ3n) is 1.83. The fourth-order valence-electron chi connectivity index (χ4n) is 1.09. The highest BCUT2D eigenvalue weighted by molar-refractivity contribution is 6.57. The van der Waals surface area contributed by atoms with Gasteiger partial charge >= 0.3 is 11.9 Å². The quantitative estimate of drug-likeness (QED) is 0.360. The maximum Gasteiger partial charge on any atom is 0.329 e. The predicted molar refractivity (Wildman–Crippen MR) is 53.7 cm³/mol. The number of ether oxygens (including phenoxy) is 2. The molecule has 1 rings (SSSR count). The Bertz CT molecular complexity index is 341. The van der Waals surface area contributed by atoms with Crippen LogP contribution in [0.4, 0.5) is 4.79 Å². The molecule has 2 radical (unpaired) electrons. The van der Waals surface area contributed by atoms with Crippen LogP contribution in [0.1, 0.15) is 6.42 Å². The Labute approximate surface area is 93.4 Å². The first-order valence-electron chi connectivity index (χ1n) is 4.54. The van der Waals surface area contributed by atoms with Crippen molar-refractivity contribution in [1.82, 2.24) is 5.32 Å². The maximum atomic E-state index is 11.4. The van der Waals surface area contributed by atoms with Gasteiger partial charge in [0, 0.05) is 0 Å². The van der Waals surface area contributed by atoms with E-state index in [1.54, 1.807) is 0 Å². The highest BCUT2D eigenvalue weighted by Crippen LogP contribution is 2.05. The van der Waals surface area contributed by atoms with E-state index in [-0.39, 0.29) is 19.6 Å². The van der Waals surface area contributed by atoms with Crippen LogP contribution in [-0.4, -0.2) is 44.8 Å². The number of nitrogens with one attached hydrogen (secondary N) is 1. The second-order valence-electron chi connectivity index (χ2n) is 3.28. The van der Waals surface area contributed by atoms with E-state index < -0.39 is 23.8 Å². The van der Waals surface area contributed by atoms with Gasteiger partial charge in [0.05, 0.1) is 6.42 Å². The molecule has 0 saturated carbocycles. The van der Waals surface area contributed by atoms with Gasteiger partial charge in [0.1, 0.15) is 19.3 Å². The number of carbonyl (C=O) groups excluding carboxylic acids is 3. The Balaban J connectivity index is 2.72. The van der Waals surface area contributed by atoms with Gasteiger partial charge in [-0.2, -0.15) is 0 Å². The van der Waals surface area contributed by atoms with Crippen molar-refractivity contribution in [3.63, 3.8) is 0 Å². The molecule has 1 heterocycles. The largest absolute Gasteiger partial charge is 0.461 e. The van der Waals surface area contributed by atoms with Crippen molar-refractivity contribution in [2.24, 2.45) is 0 Å². The topological polar surface area (TPSA) is 81.7 Å². The van der Waals surface area contributed by atoms with Crippen molar-refractivity contribution in [2.75, 3.05) is 13.2 Å². The van der Waals surface area contributed by atoms with E-state index in [1.807, 2.05) is 0 Å². The summed E-state index contributed by atoms with van der Waals surface area (Å²) in [6.45, 7) is 3.49. The lowest BCUT2D eigenvalue weighted by Crippen LogP contribution is -2.42. The molecule has 0 aromatic heterocycles. The van der Waals surface area contributed by atoms with Gasteiger partial charge in [0.15, 0.2) is 5.81 Å². The monoisotopic (exact) mass is 223 g/mol. The van der Waals surface area contributed by atoms with Gasteiger partial charge < -0.3 is 14.8 Å². The molecule has 0 aromatic rings. The number of rotatable bonds is 1. The van der Waals surface area contributed by atoms with Crippen molar-refractivity contribution in [1.29, 1.82) is 0 Å². The molecule has 0 aliphatic carbocycles. The average Bonchev–Trinajstić information content (AvgIpc) is 2.24. The Morgan fingerprint density at radius 2 is 2.00 bits per heavy atom. The summed E-state index contributed by atoms with van der Waals surface area (Å²) in [5.41, 5.74) is 0.460. The molecule has 1 unspecified atom stereocenters. The molecule has 1 amide bonds. The number of hydrogen-bond acceptors (Lipinski definition) is 5. The highest BCUT2D eigenvalue weighted by atomic mass is 16.6. The first-order valence-corrected chi connectivity index (χ1v) is 4.54. The number of carbonyl (C=O) groups is 3. The molecule has 1 fully saturated rings. The summed E-state index contributed by atoms with van der Waals surface area (Å²) < 4.78 is 9.57. The molecular weight excluding hydrogens is 213 g/mol. The van der Waals surface area contributed by atoms with E-state index in [9.17, 15) is 14.4 Å². The van der Waals surface area contributed by atoms with Crippen LogP contribution in [0.25, 0.3) is 0 Å². The molecule has 1 aliphatic rings. The number of cyclic esters (lactones) is 2. The fourth-order valence-corrected chi connectivity index (χ4v) is 1.09. The third kappa shape index (κ3) is 3.76. The lowest BCUT2D eigenvalue weighted by atomic mass is 10.1. The van der Waals surface area contributed by atoms with Gasteiger partial charge in [0.2, 0.25) is 7.85 Å². The van der Waals surface area contributed by atoms with Gasteiger partial charge in [0.25, 0.3) is 0 Å². The van der Waals surface area contributed by atoms with E-state index in [4.69, 9.17) is 17.3 Å². The zero-order valence-electron chi connectivity index (χ0n) is 8.52. The van der Waals surface area contributed by atoms with Crippen molar-refractivity contribution in [2.45, 2.75) is 12.5 Å². The summed E-state index contributed by atoms with van der Waals surface area (Å²) in [5, 5.41) is 2.11. The van der Waals surface area contributed by atoms with E-state index in [1.165, 1.54) is 0 Å². The fraction of sp³-hybridized carbons (Fsp3) is 0.444. The summed E-state index contributed by atoms with van der Waals surface area (Å²) in [4.78, 5) is 33.2. The molecule has 84 valence electrons. The van der Waals surface area contributed by atoms with Crippen LogP contribution in [0.2, 0.25) is 0 Å².